The Labute approximate surface area is 84.9 Å². The van der Waals surface area contributed by atoms with E-state index in [0.29, 0.717) is 0 Å². The molecule has 0 saturated heterocycles. The third kappa shape index (κ3) is 1.84. The van der Waals surface area contributed by atoms with Crippen molar-refractivity contribution in [3.05, 3.63) is 42.0 Å². The van der Waals surface area contributed by atoms with Crippen molar-refractivity contribution in [3.8, 4) is 0 Å². The minimum atomic E-state index is -0.0811. The molecule has 14 heavy (non-hydrogen) atoms. The quantitative estimate of drug-likeness (QED) is 0.654. The summed E-state index contributed by atoms with van der Waals surface area (Å²) in [5, 5.41) is 0. The average molecular weight is 189 g/mol. The van der Waals surface area contributed by atoms with E-state index in [9.17, 15) is 4.79 Å². The number of amides is 1. The van der Waals surface area contributed by atoms with Crippen LogP contribution in [0.15, 0.2) is 30.9 Å². The summed E-state index contributed by atoms with van der Waals surface area (Å²) in [6.45, 7) is 7.47. The van der Waals surface area contributed by atoms with Crippen molar-refractivity contribution in [2.45, 2.75) is 13.8 Å². The molecule has 0 aromatic heterocycles. The van der Waals surface area contributed by atoms with E-state index in [-0.39, 0.29) is 5.91 Å². The summed E-state index contributed by atoms with van der Waals surface area (Å²) in [6, 6.07) is 5.98. The molecule has 1 aromatic carbocycles. The lowest BCUT2D eigenvalue weighted by molar-refractivity contribution is -0.113. The Morgan fingerprint density at radius 2 is 1.86 bits per heavy atom. The lowest BCUT2D eigenvalue weighted by Crippen LogP contribution is -2.25. The fourth-order valence-corrected chi connectivity index (χ4v) is 1.58. The number of likely N-dealkylation sites (N-methyl/N-ethyl adjacent to an activating group) is 1. The van der Waals surface area contributed by atoms with Gasteiger partial charge in [0, 0.05) is 12.7 Å². The zero-order valence-electron chi connectivity index (χ0n) is 8.87. The van der Waals surface area contributed by atoms with Gasteiger partial charge in [0.05, 0.1) is 0 Å². The highest BCUT2D eigenvalue weighted by atomic mass is 16.2. The van der Waals surface area contributed by atoms with Gasteiger partial charge in [0.25, 0.3) is 0 Å². The highest BCUT2D eigenvalue weighted by Gasteiger charge is 2.11. The molecule has 0 N–H and O–H groups in total. The Balaban J connectivity index is 3.18. The maximum absolute atomic E-state index is 11.4. The molecule has 0 bridgehead atoms. The van der Waals surface area contributed by atoms with Gasteiger partial charge in [-0.25, -0.2) is 0 Å². The van der Waals surface area contributed by atoms with Gasteiger partial charge >= 0.3 is 0 Å². The van der Waals surface area contributed by atoms with Crippen molar-refractivity contribution in [2.75, 3.05) is 11.9 Å². The molecule has 0 heterocycles. The van der Waals surface area contributed by atoms with E-state index in [1.54, 1.807) is 11.9 Å². The second-order valence-electron chi connectivity index (χ2n) is 3.34. The summed E-state index contributed by atoms with van der Waals surface area (Å²) in [5.41, 5.74) is 3.17. The fourth-order valence-electron chi connectivity index (χ4n) is 1.58. The third-order valence-corrected chi connectivity index (χ3v) is 2.28. The number of aryl methyl sites for hydroxylation is 2. The molecule has 1 rings (SSSR count). The van der Waals surface area contributed by atoms with Crippen molar-refractivity contribution in [2.24, 2.45) is 0 Å². The molecule has 1 amide bonds. The Hall–Kier alpha value is -1.57. The van der Waals surface area contributed by atoms with Crippen LogP contribution in [-0.4, -0.2) is 13.0 Å². The smallest absolute Gasteiger partial charge is 0.250 e. The van der Waals surface area contributed by atoms with Crippen LogP contribution >= 0.6 is 0 Å². The Morgan fingerprint density at radius 3 is 2.29 bits per heavy atom. The van der Waals surface area contributed by atoms with Crippen LogP contribution in [-0.2, 0) is 4.79 Å². The number of rotatable bonds is 2. The molecule has 2 nitrogen and oxygen atoms in total. The molecule has 0 fully saturated rings. The summed E-state index contributed by atoms with van der Waals surface area (Å²) in [5.74, 6) is -0.0811. The van der Waals surface area contributed by atoms with Gasteiger partial charge in [0.15, 0.2) is 0 Å². The zero-order valence-corrected chi connectivity index (χ0v) is 8.87. The fraction of sp³-hybridized carbons (Fsp3) is 0.250. The lowest BCUT2D eigenvalue weighted by atomic mass is 10.1. The molecular weight excluding hydrogens is 174 g/mol. The topological polar surface area (TPSA) is 20.3 Å². The van der Waals surface area contributed by atoms with Crippen molar-refractivity contribution in [1.82, 2.24) is 0 Å². The molecule has 74 valence electrons. The van der Waals surface area contributed by atoms with Crippen LogP contribution in [0.25, 0.3) is 0 Å². The van der Waals surface area contributed by atoms with Crippen LogP contribution in [0.4, 0.5) is 5.69 Å². The summed E-state index contributed by atoms with van der Waals surface area (Å²) < 4.78 is 0. The van der Waals surface area contributed by atoms with E-state index < -0.39 is 0 Å². The van der Waals surface area contributed by atoms with Crippen molar-refractivity contribution < 1.29 is 4.79 Å². The predicted octanol–water partition coefficient (Wildman–Crippen LogP) is 2.45. The van der Waals surface area contributed by atoms with Gasteiger partial charge in [-0.15, -0.1) is 0 Å². The van der Waals surface area contributed by atoms with Gasteiger partial charge in [-0.2, -0.15) is 0 Å². The average Bonchev–Trinajstić information content (AvgIpc) is 2.16. The monoisotopic (exact) mass is 189 g/mol. The first-order valence-corrected chi connectivity index (χ1v) is 4.54. The molecule has 0 aliphatic heterocycles. The molecule has 0 radical (unpaired) electrons. The van der Waals surface area contributed by atoms with Crippen molar-refractivity contribution in [3.63, 3.8) is 0 Å². The SMILES string of the molecule is C=CC(=O)N(C)c1c(C)cccc1C. The molecule has 0 aliphatic rings. The molecule has 0 spiro atoms. The first kappa shape index (κ1) is 10.5. The number of para-hydroxylation sites is 1. The van der Waals surface area contributed by atoms with Gasteiger partial charge in [-0.1, -0.05) is 24.8 Å². The standard InChI is InChI=1S/C12H15NO/c1-5-11(14)13(4)12-9(2)7-6-8-10(12)3/h5-8H,1H2,2-4H3. The number of hydrogen-bond acceptors (Lipinski definition) is 1. The van der Waals surface area contributed by atoms with Gasteiger partial charge in [-0.05, 0) is 31.1 Å². The Bertz CT molecular complexity index is 348. The first-order valence-electron chi connectivity index (χ1n) is 4.54. The highest BCUT2D eigenvalue weighted by Crippen LogP contribution is 2.23. The van der Waals surface area contributed by atoms with Gasteiger partial charge in [0.2, 0.25) is 5.91 Å². The summed E-state index contributed by atoms with van der Waals surface area (Å²) in [6.07, 6.45) is 1.33. The van der Waals surface area contributed by atoms with E-state index >= 15 is 0 Å². The minimum Gasteiger partial charge on any atom is -0.311 e. The van der Waals surface area contributed by atoms with Crippen LogP contribution < -0.4 is 4.90 Å². The molecule has 0 atom stereocenters. The van der Waals surface area contributed by atoms with E-state index in [1.807, 2.05) is 32.0 Å². The number of benzene rings is 1. The summed E-state index contributed by atoms with van der Waals surface area (Å²) >= 11 is 0. The molecular formula is C12H15NO. The third-order valence-electron chi connectivity index (χ3n) is 2.28. The van der Waals surface area contributed by atoms with E-state index in [1.165, 1.54) is 6.08 Å². The van der Waals surface area contributed by atoms with E-state index in [0.717, 1.165) is 16.8 Å². The zero-order chi connectivity index (χ0) is 10.7. The number of carbonyl (C=O) groups excluding carboxylic acids is 1. The number of carbonyl (C=O) groups is 1. The Kier molecular flexibility index (Phi) is 3.07. The number of hydrogen-bond donors (Lipinski definition) is 0. The summed E-state index contributed by atoms with van der Waals surface area (Å²) in [7, 11) is 1.76. The first-order chi connectivity index (χ1) is 6.57. The van der Waals surface area contributed by atoms with Crippen LogP contribution in [0, 0.1) is 13.8 Å². The highest BCUT2D eigenvalue weighted by molar-refractivity contribution is 6.01. The van der Waals surface area contributed by atoms with Gasteiger partial charge < -0.3 is 4.90 Å². The van der Waals surface area contributed by atoms with Crippen LogP contribution in [0.1, 0.15) is 11.1 Å². The molecule has 0 aliphatic carbocycles. The van der Waals surface area contributed by atoms with Crippen LogP contribution in [0.5, 0.6) is 0 Å². The van der Waals surface area contributed by atoms with Crippen LogP contribution in [0.3, 0.4) is 0 Å². The normalized spacial score (nSPS) is 9.64. The van der Waals surface area contributed by atoms with E-state index in [4.69, 9.17) is 0 Å². The predicted molar refractivity (Wildman–Crippen MR) is 59.5 cm³/mol. The number of nitrogens with zero attached hydrogens (tertiary/aromatic N) is 1. The largest absolute Gasteiger partial charge is 0.311 e. The Morgan fingerprint density at radius 1 is 1.36 bits per heavy atom. The molecule has 2 heteroatoms. The second kappa shape index (κ2) is 4.09. The van der Waals surface area contributed by atoms with E-state index in [2.05, 4.69) is 6.58 Å². The molecule has 1 aromatic rings. The van der Waals surface area contributed by atoms with Crippen molar-refractivity contribution in [1.29, 1.82) is 0 Å². The molecule has 0 unspecified atom stereocenters. The van der Waals surface area contributed by atoms with Crippen LogP contribution in [0.2, 0.25) is 0 Å². The number of anilines is 1. The maximum Gasteiger partial charge on any atom is 0.250 e. The maximum atomic E-state index is 11.4. The van der Waals surface area contributed by atoms with Gasteiger partial charge in [0.1, 0.15) is 0 Å². The second-order valence-corrected chi connectivity index (χ2v) is 3.34. The van der Waals surface area contributed by atoms with Gasteiger partial charge in [-0.3, -0.25) is 4.79 Å². The minimum absolute atomic E-state index is 0.0811. The summed E-state index contributed by atoms with van der Waals surface area (Å²) in [4.78, 5) is 13.0. The molecule has 0 saturated carbocycles. The van der Waals surface area contributed by atoms with Crippen molar-refractivity contribution >= 4 is 11.6 Å². The lowest BCUT2D eigenvalue weighted by Gasteiger charge is -2.20.